The van der Waals surface area contributed by atoms with Crippen LogP contribution < -0.4 is 0 Å². The number of hydrogen-bond acceptors (Lipinski definition) is 2. The number of thiazole rings is 1. The Hall–Kier alpha value is -0.890. The summed E-state index contributed by atoms with van der Waals surface area (Å²) < 4.78 is 1.31. The maximum absolute atomic E-state index is 5.00. The Morgan fingerprint density at radius 2 is 1.62 bits per heavy atom. The molecule has 0 aliphatic carbocycles. The molecule has 0 saturated carbocycles. The van der Waals surface area contributed by atoms with Crippen LogP contribution in [0.3, 0.4) is 0 Å². The molecule has 0 amide bonds. The Bertz CT molecular complexity index is 585. The fourth-order valence-electron chi connectivity index (χ4n) is 3.16. The van der Waals surface area contributed by atoms with Crippen LogP contribution in [-0.2, 0) is 5.41 Å². The zero-order chi connectivity index (χ0) is 15.9. The molecule has 1 atom stereocenters. The van der Waals surface area contributed by atoms with E-state index in [9.17, 15) is 0 Å². The Labute approximate surface area is 133 Å². The Balaban J connectivity index is 2.58. The molecule has 1 unspecified atom stereocenters. The number of benzene rings is 1. The summed E-state index contributed by atoms with van der Waals surface area (Å²) in [6.07, 6.45) is 2.32. The first-order chi connectivity index (χ1) is 9.59. The lowest BCUT2D eigenvalue weighted by atomic mass is 9.59. The third-order valence-corrected chi connectivity index (χ3v) is 6.33. The molecular weight excluding hydrogens is 274 g/mol. The standard InChI is InChI=1S/C19H29NS/c1-8-18(5,6)19(7,13-17(2,3)4)16-20-14-11-9-10-12-15(14)21-16/h9-12H,8,13H2,1-7H3. The van der Waals surface area contributed by atoms with Crippen molar-refractivity contribution in [1.29, 1.82) is 0 Å². The summed E-state index contributed by atoms with van der Waals surface area (Å²) in [5, 5.41) is 1.30. The number of hydrogen-bond donors (Lipinski definition) is 0. The fraction of sp³-hybridized carbons (Fsp3) is 0.632. The summed E-state index contributed by atoms with van der Waals surface area (Å²) in [4.78, 5) is 5.00. The first kappa shape index (κ1) is 16.5. The molecule has 2 aromatic rings. The smallest absolute Gasteiger partial charge is 0.100 e. The molecule has 0 saturated heterocycles. The molecule has 21 heavy (non-hydrogen) atoms. The summed E-state index contributed by atoms with van der Waals surface area (Å²) in [5.41, 5.74) is 1.77. The third kappa shape index (κ3) is 3.15. The highest BCUT2D eigenvalue weighted by atomic mass is 32.1. The molecule has 0 fully saturated rings. The van der Waals surface area contributed by atoms with Crippen LogP contribution in [0.25, 0.3) is 10.2 Å². The zero-order valence-electron chi connectivity index (χ0n) is 14.6. The second-order valence-corrected chi connectivity index (χ2v) is 9.32. The van der Waals surface area contributed by atoms with E-state index in [0.717, 1.165) is 18.4 Å². The highest BCUT2D eigenvalue weighted by molar-refractivity contribution is 7.18. The Kier molecular flexibility index (Phi) is 4.23. The van der Waals surface area contributed by atoms with Gasteiger partial charge >= 0.3 is 0 Å². The van der Waals surface area contributed by atoms with Crippen molar-refractivity contribution in [1.82, 2.24) is 4.98 Å². The van der Waals surface area contributed by atoms with Gasteiger partial charge in [-0.3, -0.25) is 0 Å². The van der Waals surface area contributed by atoms with Crippen LogP contribution in [0.1, 0.15) is 66.3 Å². The lowest BCUT2D eigenvalue weighted by Gasteiger charge is -2.46. The molecule has 2 rings (SSSR count). The van der Waals surface area contributed by atoms with E-state index in [2.05, 4.69) is 72.7 Å². The van der Waals surface area contributed by atoms with Gasteiger partial charge in [0.15, 0.2) is 0 Å². The summed E-state index contributed by atoms with van der Waals surface area (Å²) in [6.45, 7) is 16.5. The predicted molar refractivity (Wildman–Crippen MR) is 95.1 cm³/mol. The molecule has 1 heterocycles. The van der Waals surface area contributed by atoms with Crippen LogP contribution in [-0.4, -0.2) is 4.98 Å². The number of para-hydroxylation sites is 1. The highest BCUT2D eigenvalue weighted by Crippen LogP contribution is 2.51. The van der Waals surface area contributed by atoms with E-state index in [-0.39, 0.29) is 10.8 Å². The molecule has 2 heteroatoms. The van der Waals surface area contributed by atoms with Gasteiger partial charge in [0, 0.05) is 5.41 Å². The molecule has 116 valence electrons. The van der Waals surface area contributed by atoms with Gasteiger partial charge in [-0.15, -0.1) is 11.3 Å². The Morgan fingerprint density at radius 3 is 2.14 bits per heavy atom. The summed E-state index contributed by atoms with van der Waals surface area (Å²) in [5.74, 6) is 0. The van der Waals surface area contributed by atoms with Gasteiger partial charge in [0.05, 0.1) is 10.2 Å². The van der Waals surface area contributed by atoms with Crippen molar-refractivity contribution in [3.8, 4) is 0 Å². The summed E-state index contributed by atoms with van der Waals surface area (Å²) in [6, 6.07) is 8.51. The van der Waals surface area contributed by atoms with E-state index in [1.54, 1.807) is 0 Å². The van der Waals surface area contributed by atoms with Crippen LogP contribution in [0.4, 0.5) is 0 Å². The lowest BCUT2D eigenvalue weighted by molar-refractivity contribution is 0.112. The normalized spacial score (nSPS) is 16.1. The van der Waals surface area contributed by atoms with E-state index in [1.807, 2.05) is 11.3 Å². The van der Waals surface area contributed by atoms with Crippen molar-refractivity contribution in [3.05, 3.63) is 29.3 Å². The van der Waals surface area contributed by atoms with Crippen LogP contribution in [0.5, 0.6) is 0 Å². The molecule has 1 aromatic carbocycles. The van der Waals surface area contributed by atoms with Crippen molar-refractivity contribution >= 4 is 21.6 Å². The van der Waals surface area contributed by atoms with Crippen molar-refractivity contribution in [2.45, 2.75) is 66.7 Å². The first-order valence-electron chi connectivity index (χ1n) is 7.95. The topological polar surface area (TPSA) is 12.9 Å². The largest absolute Gasteiger partial charge is 0.241 e. The minimum atomic E-state index is 0.101. The molecule has 0 radical (unpaired) electrons. The fourth-order valence-corrected chi connectivity index (χ4v) is 4.45. The lowest BCUT2D eigenvalue weighted by Crippen LogP contribution is -2.42. The van der Waals surface area contributed by atoms with E-state index in [4.69, 9.17) is 4.98 Å². The molecule has 1 aromatic heterocycles. The highest BCUT2D eigenvalue weighted by Gasteiger charge is 2.45. The second kappa shape index (κ2) is 5.39. The molecule has 0 aliphatic rings. The maximum Gasteiger partial charge on any atom is 0.100 e. The van der Waals surface area contributed by atoms with Gasteiger partial charge in [-0.05, 0) is 29.4 Å². The zero-order valence-corrected chi connectivity index (χ0v) is 15.4. The maximum atomic E-state index is 5.00. The first-order valence-corrected chi connectivity index (χ1v) is 8.77. The van der Waals surface area contributed by atoms with Crippen LogP contribution in [0.2, 0.25) is 0 Å². The van der Waals surface area contributed by atoms with E-state index >= 15 is 0 Å². The van der Waals surface area contributed by atoms with Gasteiger partial charge in [0.1, 0.15) is 5.01 Å². The minimum absolute atomic E-state index is 0.101. The van der Waals surface area contributed by atoms with Crippen LogP contribution in [0.15, 0.2) is 24.3 Å². The van der Waals surface area contributed by atoms with Gasteiger partial charge in [-0.25, -0.2) is 4.98 Å². The molecule has 0 aliphatic heterocycles. The van der Waals surface area contributed by atoms with Crippen molar-refractivity contribution in [3.63, 3.8) is 0 Å². The average molecular weight is 304 g/mol. The van der Waals surface area contributed by atoms with Crippen molar-refractivity contribution in [2.24, 2.45) is 10.8 Å². The van der Waals surface area contributed by atoms with Crippen molar-refractivity contribution < 1.29 is 0 Å². The van der Waals surface area contributed by atoms with Gasteiger partial charge in [-0.2, -0.15) is 0 Å². The summed E-state index contributed by atoms with van der Waals surface area (Å²) in [7, 11) is 0. The number of aromatic nitrogens is 1. The van der Waals surface area contributed by atoms with Gasteiger partial charge in [0.25, 0.3) is 0 Å². The molecule has 0 N–H and O–H groups in total. The minimum Gasteiger partial charge on any atom is -0.241 e. The average Bonchev–Trinajstić information content (AvgIpc) is 2.80. The molecule has 1 nitrogen and oxygen atoms in total. The van der Waals surface area contributed by atoms with Gasteiger partial charge < -0.3 is 0 Å². The number of nitrogens with zero attached hydrogens (tertiary/aromatic N) is 1. The molecular formula is C19H29NS. The van der Waals surface area contributed by atoms with Crippen LogP contribution in [0, 0.1) is 10.8 Å². The molecule has 0 spiro atoms. The summed E-state index contributed by atoms with van der Waals surface area (Å²) >= 11 is 1.88. The monoisotopic (exact) mass is 303 g/mol. The van der Waals surface area contributed by atoms with Gasteiger partial charge in [-0.1, -0.05) is 67.0 Å². The van der Waals surface area contributed by atoms with Crippen molar-refractivity contribution in [2.75, 3.05) is 0 Å². The third-order valence-electron chi connectivity index (χ3n) is 5.03. The van der Waals surface area contributed by atoms with E-state index < -0.39 is 0 Å². The SMILES string of the molecule is CCC(C)(C)C(C)(CC(C)(C)C)c1nc2ccccc2s1. The Morgan fingerprint density at radius 1 is 1.00 bits per heavy atom. The predicted octanol–water partition coefficient (Wildman–Crippen LogP) is 6.43. The van der Waals surface area contributed by atoms with Gasteiger partial charge in [0.2, 0.25) is 0 Å². The second-order valence-electron chi connectivity index (χ2n) is 8.29. The van der Waals surface area contributed by atoms with E-state index in [0.29, 0.717) is 5.41 Å². The van der Waals surface area contributed by atoms with Crippen LogP contribution >= 0.6 is 11.3 Å². The number of fused-ring (bicyclic) bond motifs is 1. The molecule has 0 bridgehead atoms. The van der Waals surface area contributed by atoms with E-state index in [1.165, 1.54) is 9.71 Å². The quantitative estimate of drug-likeness (QED) is 0.634. The number of rotatable bonds is 4.